The van der Waals surface area contributed by atoms with Crippen LogP contribution in [0.1, 0.15) is 80.3 Å². The number of sulfonamides is 1. The summed E-state index contributed by atoms with van der Waals surface area (Å²) in [5.41, 5.74) is 2.73. The number of hydrogen-bond donors (Lipinski definition) is 2. The molecule has 2 aromatic carbocycles. The van der Waals surface area contributed by atoms with E-state index in [4.69, 9.17) is 21.1 Å². The first-order valence-electron chi connectivity index (χ1n) is 17.8. The molecule has 0 aromatic heterocycles. The number of nitrogens with zero attached hydrogens (tertiary/aromatic N) is 2. The lowest BCUT2D eigenvalue weighted by atomic mass is 9.62. The third kappa shape index (κ3) is 6.84. The number of likely N-dealkylation sites (tertiary alicyclic amines) is 1. The van der Waals surface area contributed by atoms with E-state index in [0.29, 0.717) is 36.8 Å². The van der Waals surface area contributed by atoms with Crippen LogP contribution in [0.4, 0.5) is 5.69 Å². The molecule has 1 aliphatic carbocycles. The quantitative estimate of drug-likeness (QED) is 0.428. The van der Waals surface area contributed by atoms with E-state index in [1.165, 1.54) is 5.56 Å². The highest BCUT2D eigenvalue weighted by Crippen LogP contribution is 2.48. The fourth-order valence-electron chi connectivity index (χ4n) is 8.77. The van der Waals surface area contributed by atoms with E-state index >= 15 is 0 Å². The summed E-state index contributed by atoms with van der Waals surface area (Å²) in [6.45, 7) is 9.63. The molecule has 1 spiro atoms. The molecular weight excluding hydrogens is 650 g/mol. The molecule has 5 atom stereocenters. The van der Waals surface area contributed by atoms with E-state index in [-0.39, 0.29) is 28.7 Å². The lowest BCUT2D eigenvalue weighted by Gasteiger charge is -2.58. The second kappa shape index (κ2) is 13.4. The van der Waals surface area contributed by atoms with Crippen molar-refractivity contribution in [2.45, 2.75) is 82.7 Å². The molecule has 11 heteroatoms. The summed E-state index contributed by atoms with van der Waals surface area (Å²) in [7, 11) is -3.93. The molecule has 48 heavy (non-hydrogen) atoms. The van der Waals surface area contributed by atoms with Crippen LogP contribution in [0.2, 0.25) is 5.02 Å². The lowest BCUT2D eigenvalue weighted by molar-refractivity contribution is -0.208. The molecule has 0 unspecified atom stereocenters. The second-order valence-corrected chi connectivity index (χ2v) is 18.0. The molecular formula is C37H50ClN3O6S. The van der Waals surface area contributed by atoms with Gasteiger partial charge in [-0.05, 0) is 111 Å². The van der Waals surface area contributed by atoms with Crippen molar-refractivity contribution in [1.29, 1.82) is 0 Å². The predicted octanol–water partition coefficient (Wildman–Crippen LogP) is 5.42. The molecule has 4 aliphatic heterocycles. The average Bonchev–Trinajstić information content (AvgIpc) is 3.02. The molecule has 262 valence electrons. The van der Waals surface area contributed by atoms with Crippen molar-refractivity contribution < 1.29 is 27.8 Å². The normalized spacial score (nSPS) is 32.2. The molecule has 0 radical (unpaired) electrons. The largest absolute Gasteiger partial charge is 0.487 e. The smallest absolute Gasteiger partial charge is 0.264 e. The summed E-state index contributed by atoms with van der Waals surface area (Å²) in [5, 5.41) is 12.5. The number of carbonyl (C=O) groups excluding carboxylic acids is 1. The van der Waals surface area contributed by atoms with Crippen LogP contribution in [-0.2, 0) is 27.8 Å². The molecule has 2 aromatic rings. The summed E-state index contributed by atoms with van der Waals surface area (Å²) < 4.78 is 41.3. The van der Waals surface area contributed by atoms with E-state index < -0.39 is 26.8 Å². The molecule has 2 bridgehead atoms. The third-order valence-electron chi connectivity index (χ3n) is 12.0. The van der Waals surface area contributed by atoms with Crippen molar-refractivity contribution >= 4 is 33.2 Å². The minimum atomic E-state index is -3.93. The molecule has 5 aliphatic rings. The number of hydrogen-bond acceptors (Lipinski definition) is 8. The van der Waals surface area contributed by atoms with Gasteiger partial charge in [0.15, 0.2) is 0 Å². The third-order valence-corrected chi connectivity index (χ3v) is 14.2. The Bertz CT molecular complexity index is 1620. The van der Waals surface area contributed by atoms with Gasteiger partial charge in [-0.2, -0.15) is 0 Å². The van der Waals surface area contributed by atoms with Gasteiger partial charge in [0.1, 0.15) is 12.4 Å². The fourth-order valence-corrected chi connectivity index (χ4v) is 10.3. The van der Waals surface area contributed by atoms with Crippen molar-refractivity contribution in [2.24, 2.45) is 23.2 Å². The van der Waals surface area contributed by atoms with Crippen LogP contribution in [0.5, 0.6) is 5.75 Å². The summed E-state index contributed by atoms with van der Waals surface area (Å²) in [4.78, 5) is 18.2. The van der Waals surface area contributed by atoms with E-state index in [2.05, 4.69) is 14.5 Å². The number of carbonyl (C=O) groups is 1. The van der Waals surface area contributed by atoms with Gasteiger partial charge in [0.25, 0.3) is 5.91 Å². The summed E-state index contributed by atoms with van der Waals surface area (Å²) in [6, 6.07) is 11.2. The number of rotatable bonds is 2. The van der Waals surface area contributed by atoms with Crippen molar-refractivity contribution in [3.05, 3.63) is 58.1 Å². The first kappa shape index (κ1) is 34.1. The Labute approximate surface area is 290 Å². The standard InChI is InChI=1S/C37H50ClN3O6S/c1-25-6-5-14-37(43,22-40-20-36(21-40)23-46-24-36)32-12-9-29(32)18-41-15-4-3-7-27-16-31(38)11-8-30(27)19-47-34-13-10-28(17-33(34)41)35(42)39-48(44,45)26(25)2/h8,10-11,13,16-17,25-26,29,32,43H,3-7,9,12,14-15,18-24H2,1-2H3,(H,39,42)/t25-,26+,29-,32+,37-/m0/s1. The Morgan fingerprint density at radius 1 is 1.02 bits per heavy atom. The monoisotopic (exact) mass is 699 g/mol. The van der Waals surface area contributed by atoms with Crippen molar-refractivity contribution in [3.8, 4) is 5.75 Å². The Morgan fingerprint density at radius 2 is 1.83 bits per heavy atom. The summed E-state index contributed by atoms with van der Waals surface area (Å²) >= 11 is 6.37. The van der Waals surface area contributed by atoms with Crippen LogP contribution >= 0.6 is 11.6 Å². The van der Waals surface area contributed by atoms with Gasteiger partial charge in [-0.25, -0.2) is 13.1 Å². The number of fused-ring (bicyclic) bond motifs is 3. The topological polar surface area (TPSA) is 108 Å². The number of aryl methyl sites for hydroxylation is 1. The number of anilines is 1. The van der Waals surface area contributed by atoms with E-state index in [1.807, 2.05) is 25.1 Å². The molecule has 1 saturated carbocycles. The van der Waals surface area contributed by atoms with Gasteiger partial charge in [0.05, 0.1) is 29.8 Å². The van der Waals surface area contributed by atoms with E-state index in [9.17, 15) is 18.3 Å². The maximum atomic E-state index is 13.5. The molecule has 7 rings (SSSR count). The Kier molecular flexibility index (Phi) is 9.52. The van der Waals surface area contributed by atoms with Gasteiger partial charge in [-0.3, -0.25) is 9.69 Å². The van der Waals surface area contributed by atoms with E-state index in [0.717, 1.165) is 89.2 Å². The maximum absolute atomic E-state index is 13.5. The highest BCUT2D eigenvalue weighted by atomic mass is 35.5. The molecule has 4 heterocycles. The first-order chi connectivity index (χ1) is 22.9. The molecule has 2 saturated heterocycles. The highest BCUT2D eigenvalue weighted by molar-refractivity contribution is 7.90. The summed E-state index contributed by atoms with van der Waals surface area (Å²) in [5.74, 6) is 0.265. The molecule has 2 N–H and O–H groups in total. The molecule has 1 amide bonds. The lowest BCUT2D eigenvalue weighted by Crippen LogP contribution is -2.69. The van der Waals surface area contributed by atoms with Crippen molar-refractivity contribution in [1.82, 2.24) is 9.62 Å². The van der Waals surface area contributed by atoms with Crippen LogP contribution in [0, 0.1) is 23.2 Å². The first-order valence-corrected chi connectivity index (χ1v) is 19.7. The zero-order valence-electron chi connectivity index (χ0n) is 28.3. The van der Waals surface area contributed by atoms with Crippen LogP contribution in [-0.4, -0.2) is 81.1 Å². The van der Waals surface area contributed by atoms with Gasteiger partial charge in [0, 0.05) is 48.7 Å². The van der Waals surface area contributed by atoms with Gasteiger partial charge in [-0.15, -0.1) is 0 Å². The number of ether oxygens (including phenoxy) is 2. The van der Waals surface area contributed by atoms with Crippen LogP contribution in [0.15, 0.2) is 36.4 Å². The van der Waals surface area contributed by atoms with Gasteiger partial charge in [-0.1, -0.05) is 31.0 Å². The Hall–Kier alpha value is -2.37. The Balaban J connectivity index is 1.23. The predicted molar refractivity (Wildman–Crippen MR) is 187 cm³/mol. The minimum absolute atomic E-state index is 0.136. The van der Waals surface area contributed by atoms with Crippen LogP contribution in [0.25, 0.3) is 0 Å². The van der Waals surface area contributed by atoms with Gasteiger partial charge < -0.3 is 19.5 Å². The highest BCUT2D eigenvalue weighted by Gasteiger charge is 2.53. The number of aliphatic hydroxyl groups is 1. The zero-order chi connectivity index (χ0) is 33.7. The van der Waals surface area contributed by atoms with Crippen LogP contribution < -0.4 is 14.4 Å². The number of nitrogens with one attached hydrogen (secondary N) is 1. The van der Waals surface area contributed by atoms with E-state index in [1.54, 1.807) is 25.1 Å². The average molecular weight is 700 g/mol. The fraction of sp³-hybridized carbons (Fsp3) is 0.649. The van der Waals surface area contributed by atoms with Gasteiger partial charge in [0.2, 0.25) is 10.0 Å². The Morgan fingerprint density at radius 3 is 2.56 bits per heavy atom. The molecule has 9 nitrogen and oxygen atoms in total. The maximum Gasteiger partial charge on any atom is 0.264 e. The van der Waals surface area contributed by atoms with Crippen molar-refractivity contribution in [3.63, 3.8) is 0 Å². The number of amides is 1. The minimum Gasteiger partial charge on any atom is -0.487 e. The summed E-state index contributed by atoms with van der Waals surface area (Å²) in [6.07, 6.45) is 6.79. The molecule has 3 fully saturated rings. The zero-order valence-corrected chi connectivity index (χ0v) is 29.8. The number of benzene rings is 2. The van der Waals surface area contributed by atoms with Gasteiger partial charge >= 0.3 is 0 Å². The number of β-amino-alcohol motifs (C(OH)–C–C–N with tert-alkyl or cyclic N) is 1. The second-order valence-electron chi connectivity index (χ2n) is 15.5. The van der Waals surface area contributed by atoms with Crippen molar-refractivity contribution in [2.75, 3.05) is 50.8 Å². The SMILES string of the molecule is C[C@@H]1[C@@H](C)CCC[C@](O)(CN2CC3(COC3)C2)[C@@H]2CC[C@H]2CN2CCCCc3cc(Cl)ccc3COc3ccc(cc32)C(=O)NS1(=O)=O. The number of halogens is 1. The van der Waals surface area contributed by atoms with Crippen LogP contribution in [0.3, 0.4) is 0 Å².